The van der Waals surface area contributed by atoms with Gasteiger partial charge in [-0.1, -0.05) is 6.07 Å². The number of thiophene rings is 1. The number of aryl methyl sites for hydroxylation is 1. The largest absolute Gasteiger partial charge is 0.459 e. The average Bonchev–Trinajstić information content (AvgIpc) is 3.42. The monoisotopic (exact) mass is 381 g/mol. The molecule has 1 N–H and O–H groups in total. The van der Waals surface area contributed by atoms with Gasteiger partial charge in [0.05, 0.1) is 18.0 Å². The minimum absolute atomic E-state index is 0.0468. The van der Waals surface area contributed by atoms with Gasteiger partial charge in [0.1, 0.15) is 5.00 Å². The van der Waals surface area contributed by atoms with Crippen LogP contribution in [0, 0.1) is 13.8 Å². The van der Waals surface area contributed by atoms with Crippen molar-refractivity contribution in [2.24, 2.45) is 0 Å². The summed E-state index contributed by atoms with van der Waals surface area (Å²) in [5.74, 6) is 0.101. The number of hydrogen-bond acceptors (Lipinski definition) is 5. The van der Waals surface area contributed by atoms with Gasteiger partial charge in [0.15, 0.2) is 5.76 Å². The van der Waals surface area contributed by atoms with E-state index in [9.17, 15) is 4.79 Å². The Bertz CT molecular complexity index is 913. The first-order valence-corrected chi connectivity index (χ1v) is 10.1. The Hall–Kier alpha value is -2.44. The van der Waals surface area contributed by atoms with E-state index in [1.165, 1.54) is 29.5 Å². The molecule has 0 spiro atoms. The maximum Gasteiger partial charge on any atom is 0.291 e. The molecule has 0 saturated carbocycles. The zero-order valence-electron chi connectivity index (χ0n) is 15.6. The third-order valence-corrected chi connectivity index (χ3v) is 6.29. The van der Waals surface area contributed by atoms with Gasteiger partial charge in [-0.05, 0) is 69.6 Å². The summed E-state index contributed by atoms with van der Waals surface area (Å²) in [7, 11) is 0. The molecular formula is C21H23N3O2S. The average molecular weight is 382 g/mol. The zero-order chi connectivity index (χ0) is 18.8. The standard InChI is InChI=1S/C21H23N3O2S/c1-14-15(2)27-21(23-20(25)17-9-7-13-26-17)18(14)19(24-11-5-6-12-24)16-8-3-4-10-22-16/h3-4,7-10,13,19H,5-6,11-12H2,1-2H3,(H,23,25). The lowest BCUT2D eigenvalue weighted by atomic mass is 9.98. The van der Waals surface area contributed by atoms with Crippen molar-refractivity contribution in [3.63, 3.8) is 0 Å². The molecule has 1 unspecified atom stereocenters. The molecule has 1 amide bonds. The number of carbonyl (C=O) groups excluding carboxylic acids is 1. The van der Waals surface area contributed by atoms with Crippen molar-refractivity contribution in [3.05, 3.63) is 70.3 Å². The Labute approximate surface area is 163 Å². The lowest BCUT2D eigenvalue weighted by molar-refractivity contribution is 0.0997. The van der Waals surface area contributed by atoms with Crippen LogP contribution in [0.25, 0.3) is 0 Å². The summed E-state index contributed by atoms with van der Waals surface area (Å²) in [6, 6.07) is 9.50. The summed E-state index contributed by atoms with van der Waals surface area (Å²) in [6.07, 6.45) is 5.74. The van der Waals surface area contributed by atoms with Gasteiger partial charge in [-0.15, -0.1) is 11.3 Å². The second-order valence-electron chi connectivity index (χ2n) is 6.86. The van der Waals surface area contributed by atoms with Crippen molar-refractivity contribution in [1.82, 2.24) is 9.88 Å². The number of amides is 1. The van der Waals surface area contributed by atoms with Gasteiger partial charge in [0.2, 0.25) is 0 Å². The highest BCUT2D eigenvalue weighted by molar-refractivity contribution is 7.16. The highest BCUT2D eigenvalue weighted by Crippen LogP contribution is 2.42. The fraction of sp³-hybridized carbons (Fsp3) is 0.333. The fourth-order valence-corrected chi connectivity index (χ4v) is 4.78. The van der Waals surface area contributed by atoms with Crippen LogP contribution in [0.3, 0.4) is 0 Å². The number of anilines is 1. The summed E-state index contributed by atoms with van der Waals surface area (Å²) in [4.78, 5) is 20.9. The van der Waals surface area contributed by atoms with Gasteiger partial charge in [0, 0.05) is 16.6 Å². The number of hydrogen-bond donors (Lipinski definition) is 1. The molecule has 4 rings (SSSR count). The molecule has 3 aromatic rings. The van der Waals surface area contributed by atoms with Gasteiger partial charge in [-0.25, -0.2) is 0 Å². The Morgan fingerprint density at radius 2 is 2.04 bits per heavy atom. The smallest absolute Gasteiger partial charge is 0.291 e. The van der Waals surface area contributed by atoms with Crippen molar-refractivity contribution < 1.29 is 9.21 Å². The van der Waals surface area contributed by atoms with E-state index in [-0.39, 0.29) is 11.9 Å². The highest BCUT2D eigenvalue weighted by atomic mass is 32.1. The summed E-state index contributed by atoms with van der Waals surface area (Å²) < 4.78 is 5.26. The molecule has 4 heterocycles. The van der Waals surface area contributed by atoms with Crippen LogP contribution in [0.2, 0.25) is 0 Å². The van der Waals surface area contributed by atoms with Gasteiger partial charge in [-0.2, -0.15) is 0 Å². The molecule has 3 aromatic heterocycles. The Morgan fingerprint density at radius 1 is 1.22 bits per heavy atom. The lowest BCUT2D eigenvalue weighted by Gasteiger charge is -2.28. The Kier molecular flexibility index (Phi) is 5.09. The SMILES string of the molecule is Cc1sc(NC(=O)c2ccco2)c(C(c2ccccn2)N2CCCC2)c1C. The third-order valence-electron chi connectivity index (χ3n) is 5.15. The first-order valence-electron chi connectivity index (χ1n) is 9.25. The molecule has 1 aliphatic heterocycles. The molecule has 0 radical (unpaired) electrons. The predicted molar refractivity (Wildman–Crippen MR) is 107 cm³/mol. The molecule has 0 bridgehead atoms. The van der Waals surface area contributed by atoms with Crippen molar-refractivity contribution >= 4 is 22.2 Å². The molecule has 140 valence electrons. The van der Waals surface area contributed by atoms with Gasteiger partial charge >= 0.3 is 0 Å². The first kappa shape index (κ1) is 17.9. The molecule has 0 aromatic carbocycles. The second kappa shape index (κ2) is 7.66. The Balaban J connectivity index is 1.76. The number of aromatic nitrogens is 1. The van der Waals surface area contributed by atoms with E-state index >= 15 is 0 Å². The summed E-state index contributed by atoms with van der Waals surface area (Å²) in [5, 5.41) is 3.96. The number of likely N-dealkylation sites (tertiary alicyclic amines) is 1. The van der Waals surface area contributed by atoms with Crippen LogP contribution in [0.15, 0.2) is 47.2 Å². The normalized spacial score (nSPS) is 15.8. The number of furan rings is 1. The molecular weight excluding hydrogens is 358 g/mol. The third kappa shape index (κ3) is 3.55. The van der Waals surface area contributed by atoms with E-state index < -0.39 is 0 Å². The minimum atomic E-state index is -0.219. The van der Waals surface area contributed by atoms with Crippen LogP contribution in [0.5, 0.6) is 0 Å². The van der Waals surface area contributed by atoms with E-state index in [1.54, 1.807) is 23.5 Å². The highest BCUT2D eigenvalue weighted by Gasteiger charge is 2.31. The van der Waals surface area contributed by atoms with Crippen LogP contribution in [0.4, 0.5) is 5.00 Å². The molecule has 27 heavy (non-hydrogen) atoms. The summed E-state index contributed by atoms with van der Waals surface area (Å²) >= 11 is 1.62. The molecule has 1 atom stereocenters. The number of nitrogens with one attached hydrogen (secondary N) is 1. The van der Waals surface area contributed by atoms with Gasteiger partial charge in [0.25, 0.3) is 5.91 Å². The van der Waals surface area contributed by atoms with E-state index in [4.69, 9.17) is 4.42 Å². The van der Waals surface area contributed by atoms with Crippen molar-refractivity contribution in [1.29, 1.82) is 0 Å². The van der Waals surface area contributed by atoms with Crippen LogP contribution in [-0.4, -0.2) is 28.9 Å². The fourth-order valence-electron chi connectivity index (χ4n) is 3.69. The maximum absolute atomic E-state index is 12.6. The van der Waals surface area contributed by atoms with E-state index in [0.717, 1.165) is 29.3 Å². The van der Waals surface area contributed by atoms with Crippen LogP contribution < -0.4 is 5.32 Å². The van der Waals surface area contributed by atoms with E-state index in [1.807, 2.05) is 18.3 Å². The van der Waals surface area contributed by atoms with Crippen LogP contribution >= 0.6 is 11.3 Å². The number of pyridine rings is 1. The second-order valence-corrected chi connectivity index (χ2v) is 8.08. The van der Waals surface area contributed by atoms with Crippen molar-refractivity contribution in [2.45, 2.75) is 32.7 Å². The molecule has 5 nitrogen and oxygen atoms in total. The predicted octanol–water partition coefficient (Wildman–Crippen LogP) is 4.79. The number of rotatable bonds is 5. The molecule has 1 fully saturated rings. The molecule has 1 saturated heterocycles. The number of carbonyl (C=O) groups is 1. The molecule has 6 heteroatoms. The zero-order valence-corrected chi connectivity index (χ0v) is 16.4. The van der Waals surface area contributed by atoms with Crippen molar-refractivity contribution in [2.75, 3.05) is 18.4 Å². The topological polar surface area (TPSA) is 58.4 Å². The van der Waals surface area contributed by atoms with Gasteiger partial charge in [-0.3, -0.25) is 14.7 Å². The number of nitrogens with zero attached hydrogens (tertiary/aromatic N) is 2. The van der Waals surface area contributed by atoms with Crippen molar-refractivity contribution in [3.8, 4) is 0 Å². The summed E-state index contributed by atoms with van der Waals surface area (Å²) in [5.41, 5.74) is 3.39. The van der Waals surface area contributed by atoms with E-state index in [2.05, 4.69) is 35.1 Å². The van der Waals surface area contributed by atoms with Gasteiger partial charge < -0.3 is 9.73 Å². The first-order chi connectivity index (χ1) is 13.1. The Morgan fingerprint density at radius 3 is 2.70 bits per heavy atom. The molecule has 0 aliphatic carbocycles. The quantitative estimate of drug-likeness (QED) is 0.690. The molecule has 1 aliphatic rings. The van der Waals surface area contributed by atoms with Crippen LogP contribution in [0.1, 0.15) is 51.1 Å². The minimum Gasteiger partial charge on any atom is -0.459 e. The van der Waals surface area contributed by atoms with E-state index in [0.29, 0.717) is 5.76 Å². The van der Waals surface area contributed by atoms with Crippen LogP contribution in [-0.2, 0) is 0 Å². The lowest BCUT2D eigenvalue weighted by Crippen LogP contribution is -2.28. The summed E-state index contributed by atoms with van der Waals surface area (Å²) in [6.45, 7) is 6.32. The maximum atomic E-state index is 12.6.